The van der Waals surface area contributed by atoms with E-state index in [1.807, 2.05) is 0 Å². The summed E-state index contributed by atoms with van der Waals surface area (Å²) >= 11 is 0. The van der Waals surface area contributed by atoms with E-state index in [9.17, 15) is 39.0 Å². The normalized spacial score (nSPS) is 10.5. The third-order valence-corrected chi connectivity index (χ3v) is 6.11. The second-order valence-electron chi connectivity index (χ2n) is 9.10. The molecule has 0 atom stereocenters. The minimum absolute atomic E-state index is 0.130. The molecule has 0 spiro atoms. The van der Waals surface area contributed by atoms with Crippen LogP contribution in [0.2, 0.25) is 0 Å². The lowest BCUT2D eigenvalue weighted by molar-refractivity contribution is 0.0627. The summed E-state index contributed by atoms with van der Waals surface area (Å²) in [6.07, 6.45) is 0. The van der Waals surface area contributed by atoms with Gasteiger partial charge >= 0.3 is 11.9 Å². The summed E-state index contributed by atoms with van der Waals surface area (Å²) in [6.45, 7) is -0.565. The van der Waals surface area contributed by atoms with Gasteiger partial charge < -0.3 is 30.5 Å². The predicted molar refractivity (Wildman–Crippen MR) is 153 cm³/mol. The van der Waals surface area contributed by atoms with Gasteiger partial charge in [-0.3, -0.25) is 19.2 Å². The van der Waals surface area contributed by atoms with Crippen molar-refractivity contribution >= 4 is 23.8 Å². The molecule has 226 valence electrons. The first-order valence-electron chi connectivity index (χ1n) is 13.1. The zero-order valence-electron chi connectivity index (χ0n) is 23.0. The lowest BCUT2D eigenvalue weighted by Crippen LogP contribution is -2.41. The van der Waals surface area contributed by atoms with E-state index in [-0.39, 0.29) is 37.7 Å². The molecule has 44 heavy (non-hydrogen) atoms. The fourth-order valence-electron chi connectivity index (χ4n) is 3.92. The predicted octanol–water partition coefficient (Wildman–Crippen LogP) is 0.824. The lowest BCUT2D eigenvalue weighted by Gasteiger charge is -2.16. The number of nitrogens with zero attached hydrogens (tertiary/aromatic N) is 2. The molecule has 0 radical (unpaired) electrons. The van der Waals surface area contributed by atoms with Gasteiger partial charge in [0.2, 0.25) is 0 Å². The van der Waals surface area contributed by atoms with Crippen molar-refractivity contribution in [2.75, 3.05) is 13.1 Å². The summed E-state index contributed by atoms with van der Waals surface area (Å²) in [4.78, 5) is 85.2. The zero-order chi connectivity index (χ0) is 31.6. The van der Waals surface area contributed by atoms with Crippen molar-refractivity contribution < 1.29 is 39.1 Å². The number of benzene rings is 2. The Balaban J connectivity index is 1.44. The molecule has 4 rings (SSSR count). The molecular weight excluding hydrogens is 576 g/mol. The van der Waals surface area contributed by atoms with Gasteiger partial charge in [-0.25, -0.2) is 9.59 Å². The number of hydrogen-bond acceptors (Lipinski definition) is 8. The molecule has 2 aromatic heterocycles. The number of carbonyl (C=O) groups excluding carboxylic acids is 2. The average Bonchev–Trinajstić information content (AvgIpc) is 3.02. The highest BCUT2D eigenvalue weighted by Crippen LogP contribution is 2.05. The fraction of sp³-hybridized carbons (Fsp3) is 0.133. The first kappa shape index (κ1) is 30.8. The molecule has 2 amide bonds. The van der Waals surface area contributed by atoms with Gasteiger partial charge in [-0.15, -0.1) is 9.46 Å². The highest BCUT2D eigenvalue weighted by molar-refractivity contribution is 5.95. The van der Waals surface area contributed by atoms with Crippen molar-refractivity contribution in [3.05, 3.63) is 139 Å². The summed E-state index contributed by atoms with van der Waals surface area (Å²) in [7, 11) is 0. The number of aromatic nitrogens is 2. The largest absolute Gasteiger partial charge is 0.477 e. The van der Waals surface area contributed by atoms with E-state index >= 15 is 0 Å². The summed E-state index contributed by atoms with van der Waals surface area (Å²) in [5.74, 6) is -4.58. The monoisotopic (exact) mass is 602 g/mol. The van der Waals surface area contributed by atoms with Crippen LogP contribution in [0.3, 0.4) is 0 Å². The topological polar surface area (TPSA) is 195 Å². The molecule has 4 aromatic rings. The minimum Gasteiger partial charge on any atom is -0.477 e. The van der Waals surface area contributed by atoms with Gasteiger partial charge in [-0.2, -0.15) is 0 Å². The van der Waals surface area contributed by atoms with Crippen LogP contribution >= 0.6 is 0 Å². The van der Waals surface area contributed by atoms with Gasteiger partial charge in [0.05, 0.1) is 0 Å². The number of carboxylic acid groups (broad SMARTS) is 2. The Labute approximate surface area is 248 Å². The van der Waals surface area contributed by atoms with E-state index in [0.717, 1.165) is 24.3 Å². The average molecular weight is 603 g/mol. The summed E-state index contributed by atoms with van der Waals surface area (Å²) < 4.78 is 1.19. The van der Waals surface area contributed by atoms with E-state index in [0.29, 0.717) is 20.6 Å². The third-order valence-electron chi connectivity index (χ3n) is 6.11. The molecule has 0 unspecified atom stereocenters. The number of amides is 2. The number of carboxylic acids is 2. The Kier molecular flexibility index (Phi) is 9.88. The fourth-order valence-corrected chi connectivity index (χ4v) is 3.92. The Morgan fingerprint density at radius 3 is 1.27 bits per heavy atom. The Bertz CT molecular complexity index is 1670. The van der Waals surface area contributed by atoms with E-state index in [1.54, 1.807) is 60.7 Å². The molecule has 0 saturated carbocycles. The number of pyridine rings is 2. The maximum absolute atomic E-state index is 12.9. The van der Waals surface area contributed by atoms with Crippen LogP contribution in [-0.4, -0.2) is 56.5 Å². The maximum Gasteiger partial charge on any atom is 0.341 e. The van der Waals surface area contributed by atoms with Crippen LogP contribution in [0, 0.1) is 0 Å². The smallest absolute Gasteiger partial charge is 0.341 e. The third kappa shape index (κ3) is 7.36. The van der Waals surface area contributed by atoms with Gasteiger partial charge in [0, 0.05) is 13.1 Å². The first-order valence-corrected chi connectivity index (χ1v) is 13.1. The van der Waals surface area contributed by atoms with Crippen LogP contribution in [0.25, 0.3) is 0 Å². The van der Waals surface area contributed by atoms with Gasteiger partial charge in [0.1, 0.15) is 35.7 Å². The van der Waals surface area contributed by atoms with Crippen LogP contribution in [-0.2, 0) is 13.2 Å². The molecule has 0 saturated heterocycles. The van der Waals surface area contributed by atoms with Crippen LogP contribution in [0.15, 0.2) is 94.5 Å². The summed E-state index contributed by atoms with van der Waals surface area (Å²) in [5.41, 5.74) is -2.54. The van der Waals surface area contributed by atoms with Crippen LogP contribution in [0.1, 0.15) is 52.8 Å². The number of nitrogens with one attached hydrogen (secondary N) is 2. The highest BCUT2D eigenvalue weighted by atomic mass is 16.7. The molecule has 2 heterocycles. The maximum atomic E-state index is 12.9. The molecule has 0 aliphatic heterocycles. The molecule has 0 aliphatic carbocycles. The van der Waals surface area contributed by atoms with Crippen molar-refractivity contribution in [1.29, 1.82) is 0 Å². The number of hydrogen-bond donors (Lipinski definition) is 4. The Morgan fingerprint density at radius 1 is 0.568 bits per heavy atom. The Hall–Kier alpha value is -6.18. The van der Waals surface area contributed by atoms with E-state index < -0.39 is 46.0 Å². The second kappa shape index (κ2) is 14.1. The molecule has 4 N–H and O–H groups in total. The molecule has 0 fully saturated rings. The zero-order valence-corrected chi connectivity index (χ0v) is 23.0. The molecule has 14 nitrogen and oxygen atoms in total. The highest BCUT2D eigenvalue weighted by Gasteiger charge is 2.21. The SMILES string of the molecule is O=C(O)c1ccc(C(=O)NCCNC(=O)c2ccc(C(=O)O)c(=O)n2OCc2ccccc2)n(OCc2ccccc2)c1=O. The van der Waals surface area contributed by atoms with Gasteiger partial charge in [-0.05, 0) is 35.4 Å². The van der Waals surface area contributed by atoms with Crippen molar-refractivity contribution in [2.24, 2.45) is 0 Å². The standard InChI is InChI=1S/C30H26N4O10/c35-25(23-13-11-21(29(39)40)27(37)33(23)43-17-19-7-3-1-4-8-19)31-15-16-32-26(36)24-14-12-22(30(41)42)28(38)34(24)44-18-20-9-5-2-6-10-20/h1-14H,15-18H2,(H,31,35)(H,32,36)(H,39,40)(H,41,42). The number of aromatic carboxylic acids is 2. The number of carbonyl (C=O) groups is 4. The van der Waals surface area contributed by atoms with Crippen LogP contribution in [0.5, 0.6) is 0 Å². The molecule has 2 aromatic carbocycles. The van der Waals surface area contributed by atoms with Crippen molar-refractivity contribution in [3.63, 3.8) is 0 Å². The van der Waals surface area contributed by atoms with Gasteiger partial charge in [0.25, 0.3) is 22.9 Å². The van der Waals surface area contributed by atoms with E-state index in [2.05, 4.69) is 10.6 Å². The quantitative estimate of drug-likeness (QED) is 0.159. The molecule has 0 aliphatic rings. The lowest BCUT2D eigenvalue weighted by atomic mass is 10.2. The minimum atomic E-state index is -1.50. The van der Waals surface area contributed by atoms with E-state index in [1.165, 1.54) is 0 Å². The van der Waals surface area contributed by atoms with Crippen molar-refractivity contribution in [2.45, 2.75) is 13.2 Å². The molecule has 0 bridgehead atoms. The van der Waals surface area contributed by atoms with Crippen molar-refractivity contribution in [1.82, 2.24) is 20.1 Å². The molecule has 14 heteroatoms. The second-order valence-corrected chi connectivity index (χ2v) is 9.10. The van der Waals surface area contributed by atoms with Gasteiger partial charge in [0.15, 0.2) is 0 Å². The van der Waals surface area contributed by atoms with Gasteiger partial charge in [-0.1, -0.05) is 60.7 Å². The number of rotatable bonds is 13. The van der Waals surface area contributed by atoms with Crippen molar-refractivity contribution in [3.8, 4) is 0 Å². The Morgan fingerprint density at radius 2 is 0.932 bits per heavy atom. The summed E-state index contributed by atoms with van der Waals surface area (Å²) in [5, 5.41) is 23.6. The molecular formula is C30H26N4O10. The van der Waals surface area contributed by atoms with Crippen LogP contribution in [0.4, 0.5) is 0 Å². The van der Waals surface area contributed by atoms with Crippen LogP contribution < -0.4 is 31.4 Å². The first-order chi connectivity index (χ1) is 21.2. The van der Waals surface area contributed by atoms with E-state index in [4.69, 9.17) is 9.68 Å². The summed E-state index contributed by atoms with van der Waals surface area (Å²) in [6, 6.07) is 21.6.